The highest BCUT2D eigenvalue weighted by Crippen LogP contribution is 2.42. The Morgan fingerprint density at radius 1 is 1.10 bits per heavy atom. The van der Waals surface area contributed by atoms with Crippen molar-refractivity contribution in [2.75, 3.05) is 19.6 Å². The number of nitrogens with zero attached hydrogens (tertiary/aromatic N) is 8. The highest BCUT2D eigenvalue weighted by Gasteiger charge is 2.44. The maximum absolute atomic E-state index is 15.7. The molecule has 1 fully saturated rings. The Balaban J connectivity index is 1.25. The molecule has 3 aliphatic heterocycles. The number of quaternary nitrogens is 1. The van der Waals surface area contributed by atoms with E-state index in [2.05, 4.69) is 36.4 Å². The van der Waals surface area contributed by atoms with Gasteiger partial charge in [-0.05, 0) is 23.8 Å². The quantitative estimate of drug-likeness (QED) is 0.254. The Labute approximate surface area is 237 Å². The standard InChI is InChI=1S/C27H26FN11O3/c1-15(40)39-7-5-16(6-8-39)27-26-18(19-10-22-17(9-20(19)28)11-31-38(22)39)3-2-4-21(26)37(34-27)14-25(42)30-13-24(41)29-12-23-32-35-36-33-23/h2-4,9-11,16H,5-8,12-14H2,1H3,(H2-,29,30,32,33,35,36,41,42)/p+1. The van der Waals surface area contributed by atoms with Crippen LogP contribution in [0, 0.1) is 5.82 Å². The molecule has 2 aromatic carbocycles. The molecule has 1 saturated heterocycles. The smallest absolute Gasteiger partial charge is 0.336 e. The number of benzene rings is 2. The van der Waals surface area contributed by atoms with Crippen LogP contribution >= 0.6 is 0 Å². The largest absolute Gasteiger partial charge is 0.347 e. The molecule has 6 heterocycles. The second-order valence-corrected chi connectivity index (χ2v) is 10.7. The zero-order valence-corrected chi connectivity index (χ0v) is 22.7. The Hall–Kier alpha value is -5.05. The average molecular weight is 573 g/mol. The molecule has 3 aromatic heterocycles. The first-order valence-electron chi connectivity index (χ1n) is 13.7. The van der Waals surface area contributed by atoms with E-state index in [9.17, 15) is 14.4 Å². The fourth-order valence-corrected chi connectivity index (χ4v) is 6.21. The molecule has 4 bridgehead atoms. The molecule has 42 heavy (non-hydrogen) atoms. The first-order valence-corrected chi connectivity index (χ1v) is 13.7. The van der Waals surface area contributed by atoms with E-state index in [-0.39, 0.29) is 36.1 Å². The number of nitrogens with one attached hydrogen (secondary N) is 3. The number of fused-ring (bicyclic) bond motifs is 2. The van der Waals surface area contributed by atoms with Crippen LogP contribution in [0.5, 0.6) is 0 Å². The molecule has 8 rings (SSSR count). The second-order valence-electron chi connectivity index (χ2n) is 10.7. The lowest BCUT2D eigenvalue weighted by molar-refractivity contribution is -0.137. The van der Waals surface area contributed by atoms with E-state index >= 15 is 4.39 Å². The molecule has 0 unspecified atom stereocenters. The Kier molecular flexibility index (Phi) is 6.04. The highest BCUT2D eigenvalue weighted by molar-refractivity contribution is 6.00. The van der Waals surface area contributed by atoms with Gasteiger partial charge in [0.1, 0.15) is 31.0 Å². The third-order valence-corrected chi connectivity index (χ3v) is 8.34. The number of H-pyrrole nitrogens is 1. The summed E-state index contributed by atoms with van der Waals surface area (Å²) >= 11 is 0. The number of hydrogen-bond acceptors (Lipinski definition) is 8. The van der Waals surface area contributed by atoms with Gasteiger partial charge in [0.2, 0.25) is 11.8 Å². The van der Waals surface area contributed by atoms with Crippen LogP contribution in [0.4, 0.5) is 4.39 Å². The van der Waals surface area contributed by atoms with E-state index in [4.69, 9.17) is 5.10 Å². The fraction of sp³-hybridized carbons (Fsp3) is 0.333. The fourth-order valence-electron chi connectivity index (χ4n) is 6.21. The molecule has 0 atom stereocenters. The van der Waals surface area contributed by atoms with Gasteiger partial charge in [-0.15, -0.1) is 19.9 Å². The SMILES string of the molecule is CC(=O)[N+]12CCC(CC1)c1nn(CC(=O)NCC(=O)NCc3nn[nH]n3)c3cccc(c13)-c1cc3c(cnn32)cc1F. The summed E-state index contributed by atoms with van der Waals surface area (Å²) in [4.78, 5) is 40.0. The maximum atomic E-state index is 15.7. The van der Waals surface area contributed by atoms with Gasteiger partial charge in [0, 0.05) is 35.1 Å². The molecule has 0 spiro atoms. The first kappa shape index (κ1) is 25.9. The zero-order valence-electron chi connectivity index (χ0n) is 22.7. The summed E-state index contributed by atoms with van der Waals surface area (Å²) in [6, 6.07) is 8.75. The summed E-state index contributed by atoms with van der Waals surface area (Å²) in [6.45, 7) is 2.31. The van der Waals surface area contributed by atoms with E-state index in [1.807, 2.05) is 18.2 Å². The normalized spacial score (nSPS) is 19.2. The molecule has 0 aliphatic carbocycles. The van der Waals surface area contributed by atoms with Gasteiger partial charge >= 0.3 is 5.91 Å². The number of aromatic amines is 1. The molecule has 3 aliphatic rings. The van der Waals surface area contributed by atoms with E-state index in [0.29, 0.717) is 59.3 Å². The van der Waals surface area contributed by atoms with Gasteiger partial charge in [-0.25, -0.2) is 9.18 Å². The van der Waals surface area contributed by atoms with Crippen LogP contribution in [0.25, 0.3) is 32.9 Å². The molecule has 5 aromatic rings. The predicted octanol–water partition coefficient (Wildman–Crippen LogP) is 1.01. The maximum Gasteiger partial charge on any atom is 0.336 e. The second kappa shape index (κ2) is 9.80. The molecule has 0 radical (unpaired) electrons. The van der Waals surface area contributed by atoms with Crippen molar-refractivity contribution in [2.45, 2.75) is 38.8 Å². The van der Waals surface area contributed by atoms with Crippen molar-refractivity contribution in [3.05, 3.63) is 53.9 Å². The number of halogens is 1. The number of carbonyl (C=O) groups excluding carboxylic acids is 3. The number of amides is 3. The average Bonchev–Trinajstić information content (AvgIpc) is 3.73. The predicted molar refractivity (Wildman–Crippen MR) is 147 cm³/mol. The minimum Gasteiger partial charge on any atom is -0.347 e. The molecular formula is C27H27FN11O3+. The van der Waals surface area contributed by atoms with Crippen LogP contribution in [0.2, 0.25) is 0 Å². The van der Waals surface area contributed by atoms with Gasteiger partial charge in [0.15, 0.2) is 5.82 Å². The Morgan fingerprint density at radius 2 is 1.93 bits per heavy atom. The summed E-state index contributed by atoms with van der Waals surface area (Å²) in [5.41, 5.74) is 3.18. The van der Waals surface area contributed by atoms with Gasteiger partial charge in [0.05, 0.1) is 37.4 Å². The number of piperidine rings is 1. The molecule has 214 valence electrons. The number of rotatable bonds is 6. The first-order chi connectivity index (χ1) is 20.3. The minimum atomic E-state index is -0.409. The van der Waals surface area contributed by atoms with Crippen LogP contribution in [0.3, 0.4) is 0 Å². The lowest BCUT2D eigenvalue weighted by Gasteiger charge is -2.39. The van der Waals surface area contributed by atoms with Gasteiger partial charge in [-0.1, -0.05) is 22.1 Å². The monoisotopic (exact) mass is 572 g/mol. The van der Waals surface area contributed by atoms with Gasteiger partial charge < -0.3 is 10.6 Å². The van der Waals surface area contributed by atoms with Crippen molar-refractivity contribution >= 4 is 39.5 Å². The van der Waals surface area contributed by atoms with Crippen molar-refractivity contribution in [3.63, 3.8) is 0 Å². The van der Waals surface area contributed by atoms with Crippen LogP contribution < -0.4 is 15.2 Å². The Bertz CT molecular complexity index is 1870. The van der Waals surface area contributed by atoms with Gasteiger partial charge in [-0.3, -0.25) is 14.3 Å². The third kappa shape index (κ3) is 4.11. The van der Waals surface area contributed by atoms with E-state index in [0.717, 1.165) is 11.1 Å². The molecule has 3 N–H and O–H groups in total. The van der Waals surface area contributed by atoms with Crippen molar-refractivity contribution < 1.29 is 18.8 Å². The summed E-state index contributed by atoms with van der Waals surface area (Å²) in [5, 5.41) is 29.3. The van der Waals surface area contributed by atoms with Crippen molar-refractivity contribution in [2.24, 2.45) is 0 Å². The number of hydrogen-bond donors (Lipinski definition) is 3. The molecule has 14 nitrogen and oxygen atoms in total. The summed E-state index contributed by atoms with van der Waals surface area (Å²) < 4.78 is 17.3. The summed E-state index contributed by atoms with van der Waals surface area (Å²) in [7, 11) is 0. The van der Waals surface area contributed by atoms with Crippen molar-refractivity contribution in [3.8, 4) is 11.1 Å². The minimum absolute atomic E-state index is 0.00916. The lowest BCUT2D eigenvalue weighted by atomic mass is 9.88. The number of carbonyl (C=O) groups is 3. The zero-order chi connectivity index (χ0) is 29.0. The summed E-state index contributed by atoms with van der Waals surface area (Å²) in [6.07, 6.45) is 2.93. The highest BCUT2D eigenvalue weighted by atomic mass is 19.1. The van der Waals surface area contributed by atoms with Crippen LogP contribution in [-0.4, -0.2) is 77.6 Å². The molecule has 0 saturated carbocycles. The van der Waals surface area contributed by atoms with E-state index < -0.39 is 17.6 Å². The summed E-state index contributed by atoms with van der Waals surface area (Å²) in [5.74, 6) is -0.939. The van der Waals surface area contributed by atoms with E-state index in [1.165, 1.54) is 6.07 Å². The van der Waals surface area contributed by atoms with Crippen LogP contribution in [0.1, 0.15) is 37.2 Å². The molecule has 15 heteroatoms. The van der Waals surface area contributed by atoms with Crippen molar-refractivity contribution in [1.29, 1.82) is 0 Å². The Morgan fingerprint density at radius 3 is 2.69 bits per heavy atom. The third-order valence-electron chi connectivity index (χ3n) is 8.34. The topological polar surface area (TPSA) is 165 Å². The van der Waals surface area contributed by atoms with Crippen LogP contribution in [-0.2, 0) is 27.5 Å². The molecular weight excluding hydrogens is 545 g/mol. The lowest BCUT2D eigenvalue weighted by Crippen LogP contribution is -2.65. The van der Waals surface area contributed by atoms with Crippen molar-refractivity contribution in [1.82, 2.24) is 55.5 Å². The number of aromatic nitrogens is 8. The molecule has 3 amide bonds. The van der Waals surface area contributed by atoms with Crippen LogP contribution in [0.15, 0.2) is 36.5 Å². The number of tetrazole rings is 1. The van der Waals surface area contributed by atoms with Gasteiger partial charge in [-0.2, -0.15) is 10.3 Å². The van der Waals surface area contributed by atoms with Gasteiger partial charge in [0.25, 0.3) is 0 Å². The van der Waals surface area contributed by atoms with E-state index in [1.54, 1.807) is 28.7 Å².